The third kappa shape index (κ3) is 4.76. The maximum absolute atomic E-state index is 13.8. The van der Waals surface area contributed by atoms with Crippen molar-refractivity contribution in [3.05, 3.63) is 70.4 Å². The van der Waals surface area contributed by atoms with Crippen molar-refractivity contribution in [3.63, 3.8) is 0 Å². The molecule has 2 aromatic carbocycles. The number of hydrogen-bond donors (Lipinski definition) is 0. The predicted octanol–water partition coefficient (Wildman–Crippen LogP) is 5.19. The molecule has 34 heavy (non-hydrogen) atoms. The Kier molecular flexibility index (Phi) is 6.87. The number of carbonyl (C=O) groups excluding carboxylic acids is 2. The molecular weight excluding hydrogens is 426 g/mol. The second kappa shape index (κ2) is 9.84. The highest BCUT2D eigenvalue weighted by Crippen LogP contribution is 2.28. The molecule has 6 heteroatoms. The number of nitrogens with zero attached hydrogens (tertiary/aromatic N) is 3. The first kappa shape index (κ1) is 23.7. The molecular formula is C28H33N3O3. The molecule has 1 saturated heterocycles. The van der Waals surface area contributed by atoms with E-state index in [4.69, 9.17) is 9.84 Å². The minimum absolute atomic E-state index is 0.113. The fourth-order valence-corrected chi connectivity index (χ4v) is 4.48. The van der Waals surface area contributed by atoms with Crippen LogP contribution in [0.5, 0.6) is 0 Å². The van der Waals surface area contributed by atoms with Gasteiger partial charge in [0, 0.05) is 18.7 Å². The van der Waals surface area contributed by atoms with E-state index in [0.29, 0.717) is 25.4 Å². The molecule has 1 aliphatic heterocycles. The van der Waals surface area contributed by atoms with Gasteiger partial charge in [-0.05, 0) is 87.9 Å². The molecule has 1 amide bonds. The van der Waals surface area contributed by atoms with Crippen LogP contribution < -0.4 is 0 Å². The summed E-state index contributed by atoms with van der Waals surface area (Å²) in [5.74, 6) is -0.620. The van der Waals surface area contributed by atoms with Crippen LogP contribution in [0.25, 0.3) is 16.9 Å². The Labute approximate surface area is 201 Å². The average molecular weight is 460 g/mol. The molecule has 0 aliphatic carbocycles. The monoisotopic (exact) mass is 459 g/mol. The van der Waals surface area contributed by atoms with Crippen molar-refractivity contribution in [2.24, 2.45) is 5.92 Å². The van der Waals surface area contributed by atoms with E-state index < -0.39 is 0 Å². The molecule has 3 aromatic rings. The number of rotatable bonds is 5. The summed E-state index contributed by atoms with van der Waals surface area (Å²) in [5, 5.41) is 4.90. The first-order valence-corrected chi connectivity index (χ1v) is 12.0. The van der Waals surface area contributed by atoms with E-state index in [0.717, 1.165) is 40.9 Å². The maximum atomic E-state index is 13.8. The molecule has 1 fully saturated rings. The lowest BCUT2D eigenvalue weighted by molar-refractivity contribution is -0.149. The van der Waals surface area contributed by atoms with Gasteiger partial charge in [-0.2, -0.15) is 5.10 Å². The minimum atomic E-state index is -0.283. The Bertz CT molecular complexity index is 1230. The lowest BCUT2D eigenvalue weighted by Crippen LogP contribution is -2.43. The van der Waals surface area contributed by atoms with Crippen molar-refractivity contribution >= 4 is 11.9 Å². The van der Waals surface area contributed by atoms with E-state index in [9.17, 15) is 9.59 Å². The van der Waals surface area contributed by atoms with Crippen molar-refractivity contribution in [1.29, 1.82) is 0 Å². The first-order valence-electron chi connectivity index (χ1n) is 12.0. The van der Waals surface area contributed by atoms with Crippen LogP contribution in [0.2, 0.25) is 0 Å². The summed E-state index contributed by atoms with van der Waals surface area (Å²) in [5.41, 5.74) is 7.66. The summed E-state index contributed by atoms with van der Waals surface area (Å²) >= 11 is 0. The molecule has 0 radical (unpaired) electrons. The van der Waals surface area contributed by atoms with E-state index in [1.807, 2.05) is 32.0 Å². The Morgan fingerprint density at radius 2 is 1.76 bits per heavy atom. The Morgan fingerprint density at radius 3 is 2.50 bits per heavy atom. The fraction of sp³-hybridized carbons (Fsp3) is 0.393. The fourth-order valence-electron chi connectivity index (χ4n) is 4.48. The molecule has 0 unspecified atom stereocenters. The molecule has 6 nitrogen and oxygen atoms in total. The molecule has 1 aliphatic rings. The van der Waals surface area contributed by atoms with E-state index in [1.165, 1.54) is 11.1 Å². The van der Waals surface area contributed by atoms with E-state index in [-0.39, 0.29) is 17.8 Å². The zero-order valence-corrected chi connectivity index (χ0v) is 20.7. The van der Waals surface area contributed by atoms with Gasteiger partial charge in [-0.25, -0.2) is 4.68 Å². The summed E-state index contributed by atoms with van der Waals surface area (Å²) in [6, 6.07) is 14.3. The van der Waals surface area contributed by atoms with Crippen molar-refractivity contribution in [2.75, 3.05) is 19.7 Å². The van der Waals surface area contributed by atoms with Crippen LogP contribution in [0, 0.1) is 33.6 Å². The van der Waals surface area contributed by atoms with Crippen LogP contribution >= 0.6 is 0 Å². The standard InChI is InChI=1S/C28H33N3O3/c1-6-34-28(33)23-8-7-13-30(17-23)27(32)26-16-24(22-12-11-19(3)21(5)15-22)29-31(26)25-14-18(2)9-10-20(25)4/h9-12,14-16,23H,6-8,13,17H2,1-5H3/t23-/m1/s1. The third-order valence-electron chi connectivity index (χ3n) is 6.65. The van der Waals surface area contributed by atoms with Gasteiger partial charge in [0.25, 0.3) is 5.91 Å². The molecule has 0 bridgehead atoms. The summed E-state index contributed by atoms with van der Waals surface area (Å²) < 4.78 is 6.99. The summed E-state index contributed by atoms with van der Waals surface area (Å²) in [4.78, 5) is 27.9. The normalized spacial score (nSPS) is 15.9. The molecule has 178 valence electrons. The Hall–Kier alpha value is -3.41. The number of esters is 1. The minimum Gasteiger partial charge on any atom is -0.466 e. The van der Waals surface area contributed by atoms with Crippen molar-refractivity contribution in [1.82, 2.24) is 14.7 Å². The van der Waals surface area contributed by atoms with Crippen LogP contribution in [0.4, 0.5) is 0 Å². The van der Waals surface area contributed by atoms with Gasteiger partial charge in [-0.15, -0.1) is 0 Å². The van der Waals surface area contributed by atoms with Crippen molar-refractivity contribution in [3.8, 4) is 16.9 Å². The summed E-state index contributed by atoms with van der Waals surface area (Å²) in [7, 11) is 0. The van der Waals surface area contributed by atoms with E-state index in [1.54, 1.807) is 16.5 Å². The van der Waals surface area contributed by atoms with Crippen LogP contribution in [-0.4, -0.2) is 46.3 Å². The number of piperidine rings is 1. The lowest BCUT2D eigenvalue weighted by Gasteiger charge is -2.31. The van der Waals surface area contributed by atoms with Crippen LogP contribution in [-0.2, 0) is 9.53 Å². The Morgan fingerprint density at radius 1 is 1.00 bits per heavy atom. The quantitative estimate of drug-likeness (QED) is 0.493. The summed E-state index contributed by atoms with van der Waals surface area (Å²) in [6.45, 7) is 11.4. The topological polar surface area (TPSA) is 64.4 Å². The maximum Gasteiger partial charge on any atom is 0.310 e. The van der Waals surface area contributed by atoms with Gasteiger partial charge in [-0.1, -0.05) is 24.3 Å². The molecule has 0 N–H and O–H groups in total. The SMILES string of the molecule is CCOC(=O)[C@@H]1CCCN(C(=O)c2cc(-c3ccc(C)c(C)c3)nn2-c2cc(C)ccc2C)C1. The van der Waals surface area contributed by atoms with Crippen LogP contribution in [0.1, 0.15) is 52.5 Å². The second-order valence-electron chi connectivity index (χ2n) is 9.26. The number of likely N-dealkylation sites (tertiary alicyclic amines) is 1. The molecule has 1 atom stereocenters. The number of benzene rings is 2. The highest BCUT2D eigenvalue weighted by atomic mass is 16.5. The van der Waals surface area contributed by atoms with Gasteiger partial charge >= 0.3 is 5.97 Å². The smallest absolute Gasteiger partial charge is 0.310 e. The van der Waals surface area contributed by atoms with Crippen molar-refractivity contribution < 1.29 is 14.3 Å². The van der Waals surface area contributed by atoms with Gasteiger partial charge in [0.2, 0.25) is 0 Å². The van der Waals surface area contributed by atoms with E-state index >= 15 is 0 Å². The number of ether oxygens (including phenoxy) is 1. The zero-order chi connectivity index (χ0) is 24.4. The first-order chi connectivity index (χ1) is 16.3. The highest BCUT2D eigenvalue weighted by molar-refractivity contribution is 5.95. The van der Waals surface area contributed by atoms with Gasteiger partial charge in [0.15, 0.2) is 0 Å². The van der Waals surface area contributed by atoms with Gasteiger partial charge in [-0.3, -0.25) is 9.59 Å². The Balaban J connectivity index is 1.76. The van der Waals surface area contributed by atoms with Gasteiger partial charge < -0.3 is 9.64 Å². The van der Waals surface area contributed by atoms with Crippen LogP contribution in [0.15, 0.2) is 42.5 Å². The molecule has 4 rings (SSSR count). The number of aryl methyl sites for hydroxylation is 4. The lowest BCUT2D eigenvalue weighted by atomic mass is 9.98. The highest BCUT2D eigenvalue weighted by Gasteiger charge is 2.32. The molecule has 0 saturated carbocycles. The number of amides is 1. The predicted molar refractivity (Wildman–Crippen MR) is 133 cm³/mol. The number of hydrogen-bond acceptors (Lipinski definition) is 4. The number of aromatic nitrogens is 2. The zero-order valence-electron chi connectivity index (χ0n) is 20.7. The number of carbonyl (C=O) groups is 2. The molecule has 2 heterocycles. The van der Waals surface area contributed by atoms with Crippen LogP contribution in [0.3, 0.4) is 0 Å². The van der Waals surface area contributed by atoms with E-state index in [2.05, 4.69) is 38.1 Å². The second-order valence-corrected chi connectivity index (χ2v) is 9.26. The van der Waals surface area contributed by atoms with Gasteiger partial charge in [0.1, 0.15) is 5.69 Å². The molecule has 1 aromatic heterocycles. The summed E-state index contributed by atoms with van der Waals surface area (Å²) in [6.07, 6.45) is 1.52. The largest absolute Gasteiger partial charge is 0.466 e. The van der Waals surface area contributed by atoms with Gasteiger partial charge in [0.05, 0.1) is 23.9 Å². The molecule has 0 spiro atoms. The van der Waals surface area contributed by atoms with Crippen molar-refractivity contribution in [2.45, 2.75) is 47.5 Å². The third-order valence-corrected chi connectivity index (χ3v) is 6.65. The average Bonchev–Trinajstić information content (AvgIpc) is 3.27.